The van der Waals surface area contributed by atoms with Crippen LogP contribution in [0.4, 0.5) is 0 Å². The van der Waals surface area contributed by atoms with Gasteiger partial charge in [-0.15, -0.1) is 0 Å². The van der Waals surface area contributed by atoms with Crippen LogP contribution < -0.4 is 0 Å². The van der Waals surface area contributed by atoms with E-state index in [0.29, 0.717) is 5.82 Å². The Morgan fingerprint density at radius 2 is 0.764 bits per heavy atom. The number of furan rings is 1. The first-order valence-corrected chi connectivity index (χ1v) is 18.6. The summed E-state index contributed by atoms with van der Waals surface area (Å²) in [5.74, 6) is 0.670. The molecule has 0 bridgehead atoms. The van der Waals surface area contributed by atoms with Crippen LogP contribution in [-0.4, -0.2) is 9.97 Å². The number of nitrogens with zero attached hydrogens (tertiary/aromatic N) is 2. The molecule has 0 aliphatic heterocycles. The van der Waals surface area contributed by atoms with E-state index in [9.17, 15) is 0 Å². The third-order valence-corrected chi connectivity index (χ3v) is 10.3. The molecular formula is C52H34N2O. The van der Waals surface area contributed by atoms with E-state index in [0.717, 1.165) is 89.0 Å². The van der Waals surface area contributed by atoms with E-state index in [4.69, 9.17) is 14.4 Å². The van der Waals surface area contributed by atoms with Gasteiger partial charge in [-0.25, -0.2) is 9.97 Å². The maximum Gasteiger partial charge on any atom is 0.160 e. The predicted octanol–water partition coefficient (Wildman–Crippen LogP) is 14.0. The molecule has 8 aromatic carbocycles. The molecule has 55 heavy (non-hydrogen) atoms. The first-order chi connectivity index (χ1) is 27.2. The van der Waals surface area contributed by atoms with Crippen molar-refractivity contribution in [2.24, 2.45) is 0 Å². The van der Waals surface area contributed by atoms with Gasteiger partial charge in [0.25, 0.3) is 0 Å². The number of benzene rings is 8. The fourth-order valence-corrected chi connectivity index (χ4v) is 7.51. The Labute approximate surface area is 319 Å². The molecule has 0 saturated heterocycles. The Morgan fingerprint density at radius 3 is 1.49 bits per heavy atom. The van der Waals surface area contributed by atoms with E-state index in [1.807, 2.05) is 24.3 Å². The molecular weight excluding hydrogens is 669 g/mol. The summed E-state index contributed by atoms with van der Waals surface area (Å²) < 4.78 is 6.55. The normalized spacial score (nSPS) is 11.3. The minimum atomic E-state index is 0.670. The third-order valence-electron chi connectivity index (χ3n) is 10.3. The number of fused-ring (bicyclic) bond motifs is 3. The van der Waals surface area contributed by atoms with E-state index in [1.165, 1.54) is 5.56 Å². The minimum Gasteiger partial charge on any atom is -0.455 e. The smallest absolute Gasteiger partial charge is 0.160 e. The van der Waals surface area contributed by atoms with Gasteiger partial charge in [0, 0.05) is 33.0 Å². The number of para-hydroxylation sites is 2. The van der Waals surface area contributed by atoms with Crippen LogP contribution in [0.5, 0.6) is 0 Å². The molecule has 0 aliphatic rings. The lowest BCUT2D eigenvalue weighted by Gasteiger charge is -2.14. The quantitative estimate of drug-likeness (QED) is 0.166. The average molecular weight is 703 g/mol. The fourth-order valence-electron chi connectivity index (χ4n) is 7.51. The zero-order valence-corrected chi connectivity index (χ0v) is 29.9. The van der Waals surface area contributed by atoms with Crippen molar-refractivity contribution in [1.82, 2.24) is 9.97 Å². The highest BCUT2D eigenvalue weighted by Crippen LogP contribution is 2.40. The molecule has 3 nitrogen and oxygen atoms in total. The molecule has 0 aliphatic carbocycles. The highest BCUT2D eigenvalue weighted by atomic mass is 16.3. The van der Waals surface area contributed by atoms with Crippen molar-refractivity contribution in [3.8, 4) is 78.4 Å². The Morgan fingerprint density at radius 1 is 0.291 bits per heavy atom. The van der Waals surface area contributed by atoms with Crippen LogP contribution >= 0.6 is 0 Å². The van der Waals surface area contributed by atoms with Gasteiger partial charge in [0.05, 0.1) is 11.4 Å². The van der Waals surface area contributed by atoms with Crippen molar-refractivity contribution in [2.45, 2.75) is 0 Å². The first-order valence-electron chi connectivity index (χ1n) is 18.6. The molecule has 0 spiro atoms. The lowest BCUT2D eigenvalue weighted by molar-refractivity contribution is 0.670. The van der Waals surface area contributed by atoms with Gasteiger partial charge in [0.15, 0.2) is 5.82 Å². The average Bonchev–Trinajstić information content (AvgIpc) is 3.66. The molecule has 0 amide bonds. The van der Waals surface area contributed by atoms with Gasteiger partial charge in [-0.05, 0) is 75.3 Å². The molecule has 0 unspecified atom stereocenters. The highest BCUT2D eigenvalue weighted by Gasteiger charge is 2.17. The van der Waals surface area contributed by atoms with Gasteiger partial charge < -0.3 is 4.42 Å². The monoisotopic (exact) mass is 702 g/mol. The number of hydrogen-bond donors (Lipinski definition) is 0. The molecule has 2 heterocycles. The second-order valence-corrected chi connectivity index (χ2v) is 13.8. The Bertz CT molecular complexity index is 2950. The van der Waals surface area contributed by atoms with Gasteiger partial charge >= 0.3 is 0 Å². The molecule has 10 rings (SSSR count). The highest BCUT2D eigenvalue weighted by molar-refractivity contribution is 6.09. The Hall–Kier alpha value is -7.36. The lowest BCUT2D eigenvalue weighted by atomic mass is 9.93. The van der Waals surface area contributed by atoms with Crippen LogP contribution in [0.3, 0.4) is 0 Å². The summed E-state index contributed by atoms with van der Waals surface area (Å²) in [7, 11) is 0. The summed E-state index contributed by atoms with van der Waals surface area (Å²) in [6.07, 6.45) is 0. The summed E-state index contributed by atoms with van der Waals surface area (Å²) in [6.45, 7) is 0. The summed E-state index contributed by atoms with van der Waals surface area (Å²) in [5, 5.41) is 2.21. The Balaban J connectivity index is 1.18. The SMILES string of the molecule is c1ccc(-c2ccc(-c3cc(-c4cc(-c5ccccc5)cc(-c5cccc6c5oc5ccccc56)c4)nc(-c4cccc(-c5ccccc5)c4)n3)cc2)cc1. The third kappa shape index (κ3) is 6.28. The first kappa shape index (κ1) is 32.3. The van der Waals surface area contributed by atoms with Gasteiger partial charge in [-0.3, -0.25) is 0 Å². The second kappa shape index (κ2) is 13.9. The van der Waals surface area contributed by atoms with Crippen LogP contribution in [0.1, 0.15) is 0 Å². The zero-order valence-electron chi connectivity index (χ0n) is 29.9. The molecule has 10 aromatic rings. The molecule has 0 N–H and O–H groups in total. The number of aromatic nitrogens is 2. The minimum absolute atomic E-state index is 0.670. The lowest BCUT2D eigenvalue weighted by Crippen LogP contribution is -1.97. The van der Waals surface area contributed by atoms with E-state index < -0.39 is 0 Å². The van der Waals surface area contributed by atoms with Crippen molar-refractivity contribution in [1.29, 1.82) is 0 Å². The molecule has 3 heteroatoms. The van der Waals surface area contributed by atoms with E-state index >= 15 is 0 Å². The van der Waals surface area contributed by atoms with Crippen molar-refractivity contribution < 1.29 is 4.42 Å². The van der Waals surface area contributed by atoms with Crippen LogP contribution in [0.25, 0.3) is 100 Å². The Kier molecular flexibility index (Phi) is 8.16. The van der Waals surface area contributed by atoms with Crippen LogP contribution in [-0.2, 0) is 0 Å². The summed E-state index contributed by atoms with van der Waals surface area (Å²) >= 11 is 0. The molecule has 0 fully saturated rings. The van der Waals surface area contributed by atoms with E-state index in [-0.39, 0.29) is 0 Å². The molecule has 0 saturated carbocycles. The molecule has 258 valence electrons. The largest absolute Gasteiger partial charge is 0.455 e. The van der Waals surface area contributed by atoms with Gasteiger partial charge in [-0.1, -0.05) is 170 Å². The van der Waals surface area contributed by atoms with Crippen LogP contribution in [0.2, 0.25) is 0 Å². The topological polar surface area (TPSA) is 38.9 Å². The van der Waals surface area contributed by atoms with E-state index in [1.54, 1.807) is 0 Å². The molecule has 0 atom stereocenters. The predicted molar refractivity (Wildman–Crippen MR) is 227 cm³/mol. The maximum absolute atomic E-state index is 6.55. The summed E-state index contributed by atoms with van der Waals surface area (Å²) in [5.41, 5.74) is 15.4. The number of hydrogen-bond acceptors (Lipinski definition) is 3. The van der Waals surface area contributed by atoms with Crippen LogP contribution in [0.15, 0.2) is 211 Å². The van der Waals surface area contributed by atoms with Crippen molar-refractivity contribution >= 4 is 21.9 Å². The zero-order chi connectivity index (χ0) is 36.6. The maximum atomic E-state index is 6.55. The number of rotatable bonds is 7. The second-order valence-electron chi connectivity index (χ2n) is 13.8. The summed E-state index contributed by atoms with van der Waals surface area (Å²) in [4.78, 5) is 10.6. The van der Waals surface area contributed by atoms with Crippen molar-refractivity contribution in [3.63, 3.8) is 0 Å². The van der Waals surface area contributed by atoms with E-state index in [2.05, 4.69) is 182 Å². The fraction of sp³-hybridized carbons (Fsp3) is 0. The van der Waals surface area contributed by atoms with Gasteiger partial charge in [0.2, 0.25) is 0 Å². The molecule has 0 radical (unpaired) electrons. The standard InChI is InChI=1S/C52H34N2O/c1-4-14-35(15-5-1)38-26-28-39(29-27-38)48-34-49(54-52(53-48)41-21-12-20-40(30-41)36-16-6-2-7-17-36)44-32-42(37-18-8-3-9-19-37)31-43(33-44)45-23-13-24-47-46-22-10-11-25-50(46)55-51(45)47/h1-34H. The van der Waals surface area contributed by atoms with Gasteiger partial charge in [0.1, 0.15) is 11.2 Å². The van der Waals surface area contributed by atoms with Crippen molar-refractivity contribution in [3.05, 3.63) is 206 Å². The van der Waals surface area contributed by atoms with Crippen molar-refractivity contribution in [2.75, 3.05) is 0 Å². The van der Waals surface area contributed by atoms with Crippen LogP contribution in [0, 0.1) is 0 Å². The van der Waals surface area contributed by atoms with Gasteiger partial charge in [-0.2, -0.15) is 0 Å². The molecule has 2 aromatic heterocycles. The summed E-state index contributed by atoms with van der Waals surface area (Å²) in [6, 6.07) is 72.1.